The van der Waals surface area contributed by atoms with Gasteiger partial charge in [-0.05, 0) is 70.1 Å². The predicted molar refractivity (Wildman–Crippen MR) is 116 cm³/mol. The van der Waals surface area contributed by atoms with Crippen LogP contribution < -0.4 is 10.8 Å². The highest BCUT2D eigenvalue weighted by molar-refractivity contribution is 6.62. The second-order valence-electron chi connectivity index (χ2n) is 10.0. The molecule has 2 saturated heterocycles. The summed E-state index contributed by atoms with van der Waals surface area (Å²) in [6, 6.07) is 2.36. The van der Waals surface area contributed by atoms with Crippen molar-refractivity contribution in [3.63, 3.8) is 0 Å². The summed E-state index contributed by atoms with van der Waals surface area (Å²) in [4.78, 5) is 14.4. The lowest BCUT2D eigenvalue weighted by molar-refractivity contribution is 0.00578. The minimum absolute atomic E-state index is 0.0599. The number of β-amino-alcohol motifs (C(OH)–C–C–N with tert-alkyl or cyclic N) is 1. The molecule has 8 heteroatoms. The first kappa shape index (κ1) is 23.0. The van der Waals surface area contributed by atoms with Crippen LogP contribution in [0.25, 0.3) is 0 Å². The summed E-state index contributed by atoms with van der Waals surface area (Å²) in [6.07, 6.45) is 0.322. The summed E-state index contributed by atoms with van der Waals surface area (Å²) in [5, 5.41) is 13.1. The molecule has 0 aromatic heterocycles. The molecule has 0 bridgehead atoms. The predicted octanol–water partition coefficient (Wildman–Crippen LogP) is 3.30. The number of aliphatic hydroxyl groups excluding tert-OH is 1. The highest BCUT2D eigenvalue weighted by Gasteiger charge is 2.52. The fourth-order valence-corrected chi connectivity index (χ4v) is 4.10. The number of hydrogen-bond donors (Lipinski definition) is 2. The first-order valence-corrected chi connectivity index (χ1v) is 10.7. The van der Waals surface area contributed by atoms with E-state index in [9.17, 15) is 14.3 Å². The van der Waals surface area contributed by atoms with Crippen LogP contribution in [0, 0.1) is 24.6 Å². The van der Waals surface area contributed by atoms with Crippen molar-refractivity contribution in [1.82, 2.24) is 4.90 Å². The molecule has 0 saturated carbocycles. The van der Waals surface area contributed by atoms with Crippen LogP contribution in [0.15, 0.2) is 12.1 Å². The first-order chi connectivity index (χ1) is 13.8. The van der Waals surface area contributed by atoms with Gasteiger partial charge in [-0.2, -0.15) is 0 Å². The van der Waals surface area contributed by atoms with E-state index in [1.807, 2.05) is 34.6 Å². The van der Waals surface area contributed by atoms with Gasteiger partial charge >= 0.3 is 13.1 Å². The molecule has 2 heterocycles. The van der Waals surface area contributed by atoms with Crippen molar-refractivity contribution < 1.29 is 23.6 Å². The molecule has 6 nitrogen and oxygen atoms in total. The molecule has 166 valence electrons. The van der Waals surface area contributed by atoms with E-state index in [1.54, 1.807) is 4.90 Å². The van der Waals surface area contributed by atoms with Crippen molar-refractivity contribution in [1.29, 1.82) is 0 Å². The Morgan fingerprint density at radius 1 is 1.27 bits per heavy atom. The van der Waals surface area contributed by atoms with Crippen LogP contribution in [0.2, 0.25) is 0 Å². The number of aliphatic hydroxyl groups is 1. The minimum Gasteiger partial charge on any atom is -0.399 e. The number of carbonyl (C=O) groups excluding carboxylic acids is 1. The van der Waals surface area contributed by atoms with Gasteiger partial charge in [-0.1, -0.05) is 13.8 Å². The molecule has 0 unspecified atom stereocenters. The average molecular weight is 420 g/mol. The maximum Gasteiger partial charge on any atom is 0.495 e. The number of benzene rings is 1. The van der Waals surface area contributed by atoms with Crippen molar-refractivity contribution in [3.05, 3.63) is 23.5 Å². The Labute approximate surface area is 179 Å². The van der Waals surface area contributed by atoms with Gasteiger partial charge in [-0.15, -0.1) is 0 Å². The van der Waals surface area contributed by atoms with E-state index in [-0.39, 0.29) is 18.5 Å². The van der Waals surface area contributed by atoms with E-state index in [4.69, 9.17) is 9.31 Å². The maximum absolute atomic E-state index is 14.4. The quantitative estimate of drug-likeness (QED) is 0.734. The van der Waals surface area contributed by atoms with E-state index < -0.39 is 30.2 Å². The first-order valence-electron chi connectivity index (χ1n) is 10.7. The van der Waals surface area contributed by atoms with E-state index in [0.717, 1.165) is 6.42 Å². The summed E-state index contributed by atoms with van der Waals surface area (Å²) < 4.78 is 26.6. The SMILES string of the molecule is Cc1c(NC(=O)N2C[C@H](CC(C)C)[C@@H](O)C2)cc(F)cc1B1OC(C)(C)C(C)(C)O1. The number of urea groups is 1. The highest BCUT2D eigenvalue weighted by Crippen LogP contribution is 2.37. The average Bonchev–Trinajstić information content (AvgIpc) is 3.06. The van der Waals surface area contributed by atoms with E-state index in [1.165, 1.54) is 12.1 Å². The van der Waals surface area contributed by atoms with Gasteiger partial charge in [0.15, 0.2) is 0 Å². The van der Waals surface area contributed by atoms with Gasteiger partial charge < -0.3 is 24.6 Å². The second kappa shape index (κ2) is 8.13. The fourth-order valence-electron chi connectivity index (χ4n) is 4.10. The number of nitrogens with zero attached hydrogens (tertiary/aromatic N) is 1. The van der Waals surface area contributed by atoms with E-state index >= 15 is 0 Å². The Hall–Kier alpha value is -1.64. The topological polar surface area (TPSA) is 71.0 Å². The summed E-state index contributed by atoms with van der Waals surface area (Å²) in [5.74, 6) is 0.0324. The van der Waals surface area contributed by atoms with Crippen LogP contribution in [-0.4, -0.2) is 53.6 Å². The molecule has 0 spiro atoms. The van der Waals surface area contributed by atoms with Gasteiger partial charge in [-0.3, -0.25) is 0 Å². The molecular weight excluding hydrogens is 386 g/mol. The van der Waals surface area contributed by atoms with Gasteiger partial charge in [0.2, 0.25) is 0 Å². The second-order valence-corrected chi connectivity index (χ2v) is 10.0. The number of hydrogen-bond acceptors (Lipinski definition) is 4. The lowest BCUT2D eigenvalue weighted by Gasteiger charge is -2.32. The van der Waals surface area contributed by atoms with Crippen LogP contribution in [0.4, 0.5) is 14.9 Å². The van der Waals surface area contributed by atoms with Crippen LogP contribution >= 0.6 is 0 Å². The highest BCUT2D eigenvalue weighted by atomic mass is 19.1. The largest absolute Gasteiger partial charge is 0.495 e. The lowest BCUT2D eigenvalue weighted by atomic mass is 9.75. The number of amides is 2. The molecule has 1 aromatic rings. The zero-order chi connectivity index (χ0) is 22.4. The number of rotatable bonds is 4. The zero-order valence-corrected chi connectivity index (χ0v) is 19.1. The Kier molecular flexibility index (Phi) is 6.24. The zero-order valence-electron chi connectivity index (χ0n) is 19.1. The van der Waals surface area contributed by atoms with Crippen LogP contribution in [-0.2, 0) is 9.31 Å². The van der Waals surface area contributed by atoms with Crippen molar-refractivity contribution in [2.24, 2.45) is 11.8 Å². The molecule has 2 aliphatic rings. The number of anilines is 1. The molecule has 2 N–H and O–H groups in total. The van der Waals surface area contributed by atoms with E-state index in [2.05, 4.69) is 19.2 Å². The molecular formula is C22H34BFN2O4. The minimum atomic E-state index is -0.717. The fraction of sp³-hybridized carbons (Fsp3) is 0.682. The van der Waals surface area contributed by atoms with Crippen molar-refractivity contribution in [2.45, 2.75) is 72.2 Å². The van der Waals surface area contributed by atoms with E-state index in [0.29, 0.717) is 29.2 Å². The molecule has 2 atom stereocenters. The third-order valence-electron chi connectivity index (χ3n) is 6.63. The number of nitrogens with one attached hydrogen (secondary N) is 1. The normalized spacial score (nSPS) is 25.3. The monoisotopic (exact) mass is 420 g/mol. The molecule has 2 amide bonds. The number of carbonyl (C=O) groups is 1. The third kappa shape index (κ3) is 4.50. The molecule has 2 fully saturated rings. The summed E-state index contributed by atoms with van der Waals surface area (Å²) in [5.41, 5.74) is 0.546. The standard InChI is InChI=1S/C22H34BFN2O4/c1-13(2)8-15-11-26(12-19(15)27)20(28)25-18-10-16(24)9-17(14(18)3)23-29-21(4,5)22(6,7)30-23/h9-10,13,15,19,27H,8,11-12H2,1-7H3,(H,25,28)/t15-,19-/m0/s1. The Bertz CT molecular complexity index is 799. The van der Waals surface area contributed by atoms with Crippen LogP contribution in [0.3, 0.4) is 0 Å². The summed E-state index contributed by atoms with van der Waals surface area (Å²) in [7, 11) is -0.717. The van der Waals surface area contributed by atoms with Gasteiger partial charge in [0.05, 0.1) is 17.3 Å². The lowest BCUT2D eigenvalue weighted by Crippen LogP contribution is -2.41. The van der Waals surface area contributed by atoms with Gasteiger partial charge in [0, 0.05) is 24.7 Å². The van der Waals surface area contributed by atoms with Crippen molar-refractivity contribution in [2.75, 3.05) is 18.4 Å². The molecule has 1 aromatic carbocycles. The van der Waals surface area contributed by atoms with Gasteiger partial charge in [-0.25, -0.2) is 9.18 Å². The maximum atomic E-state index is 14.4. The number of likely N-dealkylation sites (tertiary alicyclic amines) is 1. The Balaban J connectivity index is 1.77. The Morgan fingerprint density at radius 2 is 1.87 bits per heavy atom. The molecule has 30 heavy (non-hydrogen) atoms. The molecule has 2 aliphatic heterocycles. The number of halogens is 1. The Morgan fingerprint density at radius 3 is 2.43 bits per heavy atom. The summed E-state index contributed by atoms with van der Waals surface area (Å²) in [6.45, 7) is 14.5. The van der Waals surface area contributed by atoms with Crippen LogP contribution in [0.1, 0.15) is 53.5 Å². The molecule has 3 rings (SSSR count). The van der Waals surface area contributed by atoms with Crippen LogP contribution in [0.5, 0.6) is 0 Å². The molecule has 0 aliphatic carbocycles. The van der Waals surface area contributed by atoms with Gasteiger partial charge in [0.25, 0.3) is 0 Å². The summed E-state index contributed by atoms with van der Waals surface area (Å²) >= 11 is 0. The molecule has 0 radical (unpaired) electrons. The van der Waals surface area contributed by atoms with Gasteiger partial charge in [0.1, 0.15) is 5.82 Å². The van der Waals surface area contributed by atoms with Crippen molar-refractivity contribution in [3.8, 4) is 0 Å². The third-order valence-corrected chi connectivity index (χ3v) is 6.63. The smallest absolute Gasteiger partial charge is 0.399 e. The van der Waals surface area contributed by atoms with Crippen molar-refractivity contribution >= 4 is 24.3 Å².